The van der Waals surface area contributed by atoms with E-state index in [-0.39, 0.29) is 0 Å². The normalized spacial score (nSPS) is 21.1. The zero-order valence-electron chi connectivity index (χ0n) is 10.3. The molecule has 0 aromatic carbocycles. The number of aromatic nitrogens is 1. The molecule has 0 bridgehead atoms. The Morgan fingerprint density at radius 3 is 2.71 bits per heavy atom. The van der Waals surface area contributed by atoms with Crippen molar-refractivity contribution in [1.82, 2.24) is 4.98 Å². The van der Waals surface area contributed by atoms with E-state index in [9.17, 15) is 5.11 Å². The fourth-order valence-corrected chi connectivity index (χ4v) is 2.34. The van der Waals surface area contributed by atoms with Gasteiger partial charge in [-0.05, 0) is 12.5 Å². The van der Waals surface area contributed by atoms with E-state index in [4.69, 9.17) is 9.47 Å². The van der Waals surface area contributed by atoms with Crippen LogP contribution >= 0.6 is 0 Å². The van der Waals surface area contributed by atoms with Crippen LogP contribution < -0.4 is 0 Å². The molecule has 0 radical (unpaired) electrons. The summed E-state index contributed by atoms with van der Waals surface area (Å²) in [5.41, 5.74) is 1.32. The second kappa shape index (κ2) is 5.12. The molecule has 4 nitrogen and oxygen atoms in total. The van der Waals surface area contributed by atoms with Gasteiger partial charge in [0.1, 0.15) is 11.7 Å². The Hall–Kier alpha value is -0.970. The number of hydrogen-bond acceptors (Lipinski definition) is 4. The minimum atomic E-state index is -0.649. The number of hydrogen-bond donors (Lipinski definition) is 1. The first-order valence-electron chi connectivity index (χ1n) is 5.90. The van der Waals surface area contributed by atoms with Gasteiger partial charge in [-0.3, -0.25) is 4.98 Å². The van der Waals surface area contributed by atoms with E-state index in [1.807, 2.05) is 13.0 Å². The highest BCUT2D eigenvalue weighted by atomic mass is 16.5. The van der Waals surface area contributed by atoms with Gasteiger partial charge in [-0.2, -0.15) is 0 Å². The molecule has 1 atom stereocenters. The maximum Gasteiger partial charge on any atom is 0.110 e. The van der Waals surface area contributed by atoms with Gasteiger partial charge in [0.2, 0.25) is 0 Å². The van der Waals surface area contributed by atoms with E-state index in [2.05, 4.69) is 4.98 Å². The Morgan fingerprint density at radius 1 is 1.41 bits per heavy atom. The quantitative estimate of drug-likeness (QED) is 0.868. The van der Waals surface area contributed by atoms with Crippen molar-refractivity contribution in [3.63, 3.8) is 0 Å². The predicted molar refractivity (Wildman–Crippen MR) is 63.7 cm³/mol. The third-order valence-electron chi connectivity index (χ3n) is 3.46. The van der Waals surface area contributed by atoms with E-state index in [1.54, 1.807) is 19.5 Å². The van der Waals surface area contributed by atoms with Crippen LogP contribution in [-0.2, 0) is 9.47 Å². The van der Waals surface area contributed by atoms with Crippen molar-refractivity contribution in [3.05, 3.63) is 29.6 Å². The van der Waals surface area contributed by atoms with Crippen LogP contribution in [0.15, 0.2) is 18.5 Å². The zero-order valence-corrected chi connectivity index (χ0v) is 10.3. The van der Waals surface area contributed by atoms with Crippen molar-refractivity contribution >= 4 is 0 Å². The van der Waals surface area contributed by atoms with Gasteiger partial charge in [0, 0.05) is 51.1 Å². The van der Waals surface area contributed by atoms with Crippen LogP contribution in [0.3, 0.4) is 0 Å². The zero-order chi connectivity index (χ0) is 12.3. The first-order valence-corrected chi connectivity index (χ1v) is 5.90. The lowest BCUT2D eigenvalue weighted by Gasteiger charge is -2.39. The van der Waals surface area contributed by atoms with E-state index >= 15 is 0 Å². The molecular formula is C13H19NO3. The number of pyridine rings is 1. The number of ether oxygens (including phenoxy) is 2. The number of methoxy groups -OCH3 is 1. The third kappa shape index (κ3) is 2.49. The molecule has 1 unspecified atom stereocenters. The molecule has 1 aromatic rings. The van der Waals surface area contributed by atoms with Crippen LogP contribution in [0.25, 0.3) is 0 Å². The minimum absolute atomic E-state index is 0.534. The summed E-state index contributed by atoms with van der Waals surface area (Å²) in [7, 11) is 1.65. The van der Waals surface area contributed by atoms with E-state index in [0.717, 1.165) is 11.1 Å². The smallest absolute Gasteiger partial charge is 0.110 e. The molecule has 94 valence electrons. The summed E-state index contributed by atoms with van der Waals surface area (Å²) >= 11 is 0. The summed E-state index contributed by atoms with van der Waals surface area (Å²) in [4.78, 5) is 4.12. The topological polar surface area (TPSA) is 51.6 Å². The summed E-state index contributed by atoms with van der Waals surface area (Å²) in [5, 5.41) is 10.5. The summed E-state index contributed by atoms with van der Waals surface area (Å²) in [6.45, 7) is 3.22. The molecule has 0 amide bonds. The first-order chi connectivity index (χ1) is 8.18. The van der Waals surface area contributed by atoms with Gasteiger partial charge in [-0.15, -0.1) is 0 Å². The van der Waals surface area contributed by atoms with Crippen LogP contribution in [0.2, 0.25) is 0 Å². The molecule has 1 fully saturated rings. The van der Waals surface area contributed by atoms with Crippen LogP contribution in [0.4, 0.5) is 0 Å². The number of aliphatic hydroxyl groups excluding tert-OH is 1. The Morgan fingerprint density at radius 2 is 2.12 bits per heavy atom. The summed E-state index contributed by atoms with van der Waals surface area (Å²) in [6, 6.07) is 1.95. The van der Waals surface area contributed by atoms with Gasteiger partial charge in [0.15, 0.2) is 0 Å². The summed E-state index contributed by atoms with van der Waals surface area (Å²) in [6.07, 6.45) is 4.24. The second-order valence-corrected chi connectivity index (χ2v) is 4.58. The average molecular weight is 237 g/mol. The summed E-state index contributed by atoms with van der Waals surface area (Å²) in [5.74, 6) is 0. The van der Waals surface area contributed by atoms with Gasteiger partial charge in [-0.1, -0.05) is 6.07 Å². The second-order valence-electron chi connectivity index (χ2n) is 4.58. The Balaban J connectivity index is 2.24. The maximum atomic E-state index is 10.5. The van der Waals surface area contributed by atoms with Crippen molar-refractivity contribution in [2.45, 2.75) is 31.5 Å². The lowest BCUT2D eigenvalue weighted by Crippen LogP contribution is -2.43. The lowest BCUT2D eigenvalue weighted by atomic mass is 9.84. The molecule has 2 heterocycles. The maximum absolute atomic E-state index is 10.5. The highest BCUT2D eigenvalue weighted by molar-refractivity contribution is 5.21. The van der Waals surface area contributed by atoms with E-state index < -0.39 is 11.7 Å². The van der Waals surface area contributed by atoms with Gasteiger partial charge < -0.3 is 14.6 Å². The van der Waals surface area contributed by atoms with Gasteiger partial charge >= 0.3 is 0 Å². The van der Waals surface area contributed by atoms with Gasteiger partial charge in [-0.25, -0.2) is 0 Å². The van der Waals surface area contributed by atoms with Crippen LogP contribution in [0, 0.1) is 6.92 Å². The highest BCUT2D eigenvalue weighted by Crippen LogP contribution is 2.37. The molecule has 1 aliphatic rings. The molecule has 1 aliphatic heterocycles. The first kappa shape index (κ1) is 12.5. The van der Waals surface area contributed by atoms with Crippen LogP contribution in [0.5, 0.6) is 0 Å². The number of nitrogens with zero attached hydrogens (tertiary/aromatic N) is 1. The van der Waals surface area contributed by atoms with Crippen molar-refractivity contribution < 1.29 is 14.6 Å². The molecule has 17 heavy (non-hydrogen) atoms. The fraction of sp³-hybridized carbons (Fsp3) is 0.615. The fourth-order valence-electron chi connectivity index (χ4n) is 2.34. The predicted octanol–water partition coefficient (Wildman–Crippen LogP) is 1.62. The van der Waals surface area contributed by atoms with E-state index in [0.29, 0.717) is 26.1 Å². The molecule has 1 N–H and O–H groups in total. The van der Waals surface area contributed by atoms with Crippen molar-refractivity contribution in [1.29, 1.82) is 0 Å². The average Bonchev–Trinajstić information content (AvgIpc) is 2.38. The van der Waals surface area contributed by atoms with Crippen molar-refractivity contribution in [3.8, 4) is 0 Å². The monoisotopic (exact) mass is 237 g/mol. The number of aliphatic hydroxyl groups is 1. The van der Waals surface area contributed by atoms with Crippen molar-refractivity contribution in [2.24, 2.45) is 0 Å². The van der Waals surface area contributed by atoms with Crippen molar-refractivity contribution in [2.75, 3.05) is 20.3 Å². The van der Waals surface area contributed by atoms with E-state index in [1.165, 1.54) is 0 Å². The molecule has 4 heteroatoms. The third-order valence-corrected chi connectivity index (χ3v) is 3.46. The van der Waals surface area contributed by atoms with Gasteiger partial charge in [0.05, 0.1) is 0 Å². The Kier molecular flexibility index (Phi) is 3.76. The Labute approximate surface area is 102 Å². The van der Waals surface area contributed by atoms with Gasteiger partial charge in [0.25, 0.3) is 0 Å². The Bertz CT molecular complexity index is 375. The number of rotatable bonds is 3. The molecular weight excluding hydrogens is 218 g/mol. The lowest BCUT2D eigenvalue weighted by molar-refractivity contribution is -0.154. The minimum Gasteiger partial charge on any atom is -0.385 e. The highest BCUT2D eigenvalue weighted by Gasteiger charge is 2.40. The summed E-state index contributed by atoms with van der Waals surface area (Å²) < 4.78 is 10.9. The molecule has 0 saturated carbocycles. The SMILES string of the molecule is COC1(C(O)c2cncc(C)c2)CCOCC1. The molecule has 0 aliphatic carbocycles. The molecule has 2 rings (SSSR count). The van der Waals surface area contributed by atoms with Crippen LogP contribution in [-0.4, -0.2) is 36.0 Å². The standard InChI is InChI=1S/C13H19NO3/c1-10-7-11(9-14-8-10)12(15)13(16-2)3-5-17-6-4-13/h7-9,12,15H,3-6H2,1-2H3. The molecule has 1 aromatic heterocycles. The number of aryl methyl sites for hydroxylation is 1. The largest absolute Gasteiger partial charge is 0.385 e. The molecule has 0 spiro atoms. The molecule has 1 saturated heterocycles. The van der Waals surface area contributed by atoms with Crippen LogP contribution in [0.1, 0.15) is 30.1 Å².